The van der Waals surface area contributed by atoms with Gasteiger partial charge in [0.05, 0.1) is 19.1 Å². The monoisotopic (exact) mass is 291 g/mol. The predicted octanol–water partition coefficient (Wildman–Crippen LogP) is 1.51. The molecule has 0 unspecified atom stereocenters. The Morgan fingerprint density at radius 2 is 2.35 bits per heavy atom. The molecule has 0 aliphatic heterocycles. The number of thiophene rings is 1. The maximum Gasteiger partial charge on any atom is 0.328 e. The lowest BCUT2D eigenvalue weighted by Gasteiger charge is -2.03. The molecular formula is C13H13N3O3S. The Hall–Kier alpha value is -2.41. The van der Waals surface area contributed by atoms with Crippen molar-refractivity contribution in [3.05, 3.63) is 46.2 Å². The molecule has 0 saturated carbocycles. The predicted molar refractivity (Wildman–Crippen MR) is 75.4 cm³/mol. The van der Waals surface area contributed by atoms with Crippen molar-refractivity contribution < 1.29 is 14.7 Å². The maximum atomic E-state index is 11.9. The van der Waals surface area contributed by atoms with Crippen molar-refractivity contribution in [2.45, 2.75) is 6.54 Å². The standard InChI is InChI=1S/C13H13N3O3S/c1-16-8-14-6-11(16)13(19)15-5-10-4-9(7-20-10)2-3-12(17)18/h2-4,6-8H,5H2,1H3,(H,15,19)(H,17,18)/b3-2+. The number of carbonyl (C=O) groups excluding carboxylic acids is 1. The Kier molecular flexibility index (Phi) is 4.31. The summed E-state index contributed by atoms with van der Waals surface area (Å²) in [5.41, 5.74) is 1.30. The molecule has 104 valence electrons. The average molecular weight is 291 g/mol. The molecule has 7 heteroatoms. The second kappa shape index (κ2) is 6.16. The van der Waals surface area contributed by atoms with E-state index in [0.29, 0.717) is 12.2 Å². The Bertz CT molecular complexity index is 657. The lowest BCUT2D eigenvalue weighted by atomic mass is 10.3. The fraction of sp³-hybridized carbons (Fsp3) is 0.154. The molecule has 0 fully saturated rings. The van der Waals surface area contributed by atoms with Gasteiger partial charge in [-0.1, -0.05) is 0 Å². The first-order valence-electron chi connectivity index (χ1n) is 5.79. The Morgan fingerprint density at radius 3 is 3.00 bits per heavy atom. The summed E-state index contributed by atoms with van der Waals surface area (Å²) in [6.07, 6.45) is 5.67. The molecule has 2 rings (SSSR count). The van der Waals surface area contributed by atoms with Crippen LogP contribution in [0, 0.1) is 0 Å². The largest absolute Gasteiger partial charge is 0.478 e. The van der Waals surface area contributed by atoms with Gasteiger partial charge in [0, 0.05) is 18.0 Å². The lowest BCUT2D eigenvalue weighted by Crippen LogP contribution is -2.24. The van der Waals surface area contributed by atoms with Gasteiger partial charge >= 0.3 is 5.97 Å². The van der Waals surface area contributed by atoms with E-state index in [-0.39, 0.29) is 5.91 Å². The molecule has 20 heavy (non-hydrogen) atoms. The van der Waals surface area contributed by atoms with E-state index in [1.54, 1.807) is 17.9 Å². The van der Waals surface area contributed by atoms with Crippen LogP contribution in [0.2, 0.25) is 0 Å². The van der Waals surface area contributed by atoms with E-state index in [1.165, 1.54) is 23.6 Å². The number of nitrogens with zero attached hydrogens (tertiary/aromatic N) is 2. The summed E-state index contributed by atoms with van der Waals surface area (Å²) < 4.78 is 1.64. The van der Waals surface area contributed by atoms with Gasteiger partial charge in [-0.3, -0.25) is 4.79 Å². The molecule has 6 nitrogen and oxygen atoms in total. The van der Waals surface area contributed by atoms with Crippen LogP contribution in [-0.4, -0.2) is 26.5 Å². The van der Waals surface area contributed by atoms with E-state index in [2.05, 4.69) is 10.3 Å². The second-order valence-electron chi connectivity index (χ2n) is 4.09. The summed E-state index contributed by atoms with van der Waals surface area (Å²) in [6.45, 7) is 0.398. The third-order valence-corrected chi connectivity index (χ3v) is 3.52. The van der Waals surface area contributed by atoms with Crippen LogP contribution in [-0.2, 0) is 18.4 Å². The summed E-state index contributed by atoms with van der Waals surface area (Å²) in [7, 11) is 1.75. The molecule has 0 aliphatic carbocycles. The lowest BCUT2D eigenvalue weighted by molar-refractivity contribution is -0.131. The molecule has 0 saturated heterocycles. The van der Waals surface area contributed by atoms with Gasteiger partial charge in [0.2, 0.25) is 0 Å². The molecule has 0 spiro atoms. The van der Waals surface area contributed by atoms with Crippen LogP contribution in [0.4, 0.5) is 0 Å². The fourth-order valence-electron chi connectivity index (χ4n) is 1.58. The van der Waals surface area contributed by atoms with E-state index < -0.39 is 5.97 Å². The van der Waals surface area contributed by atoms with Crippen molar-refractivity contribution in [2.24, 2.45) is 7.05 Å². The van der Waals surface area contributed by atoms with E-state index in [9.17, 15) is 9.59 Å². The van der Waals surface area contributed by atoms with Crippen LogP contribution in [0.1, 0.15) is 20.9 Å². The molecule has 2 heterocycles. The minimum Gasteiger partial charge on any atom is -0.478 e. The zero-order valence-electron chi connectivity index (χ0n) is 10.7. The van der Waals surface area contributed by atoms with Crippen molar-refractivity contribution in [1.82, 2.24) is 14.9 Å². The first-order chi connectivity index (χ1) is 9.56. The summed E-state index contributed by atoms with van der Waals surface area (Å²) in [5.74, 6) is -1.18. The van der Waals surface area contributed by atoms with E-state index in [0.717, 1.165) is 16.5 Å². The smallest absolute Gasteiger partial charge is 0.328 e. The molecule has 1 amide bonds. The highest BCUT2D eigenvalue weighted by Gasteiger charge is 2.09. The third-order valence-electron chi connectivity index (χ3n) is 2.56. The van der Waals surface area contributed by atoms with Crippen LogP contribution in [0.3, 0.4) is 0 Å². The number of rotatable bonds is 5. The van der Waals surface area contributed by atoms with Crippen LogP contribution < -0.4 is 5.32 Å². The third kappa shape index (κ3) is 3.55. The number of imidazole rings is 1. The Labute approximate surface area is 119 Å². The van der Waals surface area contributed by atoms with Crippen molar-refractivity contribution in [2.75, 3.05) is 0 Å². The molecule has 2 N–H and O–H groups in total. The molecule has 0 aliphatic rings. The minimum absolute atomic E-state index is 0.193. The molecule has 0 aromatic carbocycles. The Balaban J connectivity index is 1.93. The summed E-state index contributed by atoms with van der Waals surface area (Å²) in [6, 6.07) is 1.84. The topological polar surface area (TPSA) is 84.2 Å². The van der Waals surface area contributed by atoms with E-state index >= 15 is 0 Å². The Morgan fingerprint density at radius 1 is 1.55 bits per heavy atom. The van der Waals surface area contributed by atoms with Gasteiger partial charge in [0.1, 0.15) is 5.69 Å². The highest BCUT2D eigenvalue weighted by atomic mass is 32.1. The number of carboxylic acids is 1. The number of hydrogen-bond acceptors (Lipinski definition) is 4. The number of nitrogens with one attached hydrogen (secondary N) is 1. The number of carboxylic acid groups (broad SMARTS) is 1. The molecule has 0 bridgehead atoms. The summed E-state index contributed by atoms with van der Waals surface area (Å²) >= 11 is 1.46. The average Bonchev–Trinajstić information content (AvgIpc) is 3.02. The van der Waals surface area contributed by atoms with Crippen molar-refractivity contribution >= 4 is 29.3 Å². The maximum absolute atomic E-state index is 11.9. The highest BCUT2D eigenvalue weighted by Crippen LogP contribution is 2.16. The van der Waals surface area contributed by atoms with Crippen LogP contribution in [0.15, 0.2) is 30.0 Å². The van der Waals surface area contributed by atoms with Crippen molar-refractivity contribution in [1.29, 1.82) is 0 Å². The second-order valence-corrected chi connectivity index (χ2v) is 5.09. The number of aryl methyl sites for hydroxylation is 1. The van der Waals surface area contributed by atoms with E-state index in [1.807, 2.05) is 11.4 Å². The molecule has 2 aromatic rings. The number of hydrogen-bond donors (Lipinski definition) is 2. The normalized spacial score (nSPS) is 10.8. The van der Waals surface area contributed by atoms with Crippen molar-refractivity contribution in [3.8, 4) is 0 Å². The van der Waals surface area contributed by atoms with Crippen LogP contribution in [0.25, 0.3) is 6.08 Å². The van der Waals surface area contributed by atoms with Gasteiger partial charge in [-0.05, 0) is 23.1 Å². The van der Waals surface area contributed by atoms with E-state index in [4.69, 9.17) is 5.11 Å². The summed E-state index contributed by atoms with van der Waals surface area (Å²) in [4.78, 5) is 27.1. The number of aliphatic carboxylic acids is 1. The first kappa shape index (κ1) is 14.0. The van der Waals surface area contributed by atoms with Crippen LogP contribution >= 0.6 is 11.3 Å². The van der Waals surface area contributed by atoms with Gasteiger partial charge in [-0.25, -0.2) is 9.78 Å². The molecular weight excluding hydrogens is 278 g/mol. The van der Waals surface area contributed by atoms with Gasteiger partial charge in [0.15, 0.2) is 0 Å². The number of amides is 1. The van der Waals surface area contributed by atoms with Gasteiger partial charge in [-0.2, -0.15) is 0 Å². The highest BCUT2D eigenvalue weighted by molar-refractivity contribution is 7.10. The fourth-order valence-corrected chi connectivity index (χ4v) is 2.37. The van der Waals surface area contributed by atoms with Gasteiger partial charge in [-0.15, -0.1) is 11.3 Å². The van der Waals surface area contributed by atoms with Gasteiger partial charge in [0.25, 0.3) is 5.91 Å². The molecule has 0 atom stereocenters. The first-order valence-corrected chi connectivity index (χ1v) is 6.67. The van der Waals surface area contributed by atoms with Crippen molar-refractivity contribution in [3.63, 3.8) is 0 Å². The van der Waals surface area contributed by atoms with Gasteiger partial charge < -0.3 is 15.0 Å². The quantitative estimate of drug-likeness (QED) is 0.818. The number of carbonyl (C=O) groups is 2. The molecule has 2 aromatic heterocycles. The zero-order chi connectivity index (χ0) is 14.5. The summed E-state index contributed by atoms with van der Waals surface area (Å²) in [5, 5.41) is 13.2. The number of aromatic nitrogens is 2. The zero-order valence-corrected chi connectivity index (χ0v) is 11.6. The molecule has 0 radical (unpaired) electrons. The SMILES string of the molecule is Cn1cncc1C(=O)NCc1cc(/C=C/C(=O)O)cs1. The minimum atomic E-state index is -0.984. The van der Waals surface area contributed by atoms with Crippen LogP contribution in [0.5, 0.6) is 0 Å².